The Bertz CT molecular complexity index is 802. The summed E-state index contributed by atoms with van der Waals surface area (Å²) in [7, 11) is 0. The number of guanidine groups is 1. The van der Waals surface area contributed by atoms with Gasteiger partial charge in [-0.3, -0.25) is 4.99 Å². The summed E-state index contributed by atoms with van der Waals surface area (Å²) >= 11 is 0. The highest BCUT2D eigenvalue weighted by Gasteiger charge is 2.14. The fourth-order valence-corrected chi connectivity index (χ4v) is 3.50. The maximum Gasteiger partial charge on any atom is 0.228 e. The third-order valence-electron chi connectivity index (χ3n) is 5.17. The van der Waals surface area contributed by atoms with Crippen LogP contribution in [0.3, 0.4) is 0 Å². The van der Waals surface area contributed by atoms with Gasteiger partial charge in [0.25, 0.3) is 0 Å². The van der Waals surface area contributed by atoms with Crippen LogP contribution < -0.4 is 10.6 Å². The molecule has 7 heteroatoms. The van der Waals surface area contributed by atoms with Gasteiger partial charge in [0, 0.05) is 18.9 Å². The number of fused-ring (bicyclic) bond motifs is 1. The van der Waals surface area contributed by atoms with Crippen molar-refractivity contribution in [3.63, 3.8) is 0 Å². The van der Waals surface area contributed by atoms with E-state index in [1.165, 1.54) is 42.4 Å². The Morgan fingerprint density at radius 2 is 1.93 bits per heavy atom. The highest BCUT2D eigenvalue weighted by Crippen LogP contribution is 2.24. The number of nitrogens with zero attached hydrogens (tertiary/aromatic N) is 3. The van der Waals surface area contributed by atoms with E-state index in [9.17, 15) is 0 Å². The molecular formula is C22H34IN5O. The van der Waals surface area contributed by atoms with Gasteiger partial charge in [-0.05, 0) is 56.2 Å². The lowest BCUT2D eigenvalue weighted by atomic mass is 9.89. The molecule has 1 aliphatic carbocycles. The van der Waals surface area contributed by atoms with Gasteiger partial charge in [0.05, 0.1) is 12.6 Å². The molecule has 0 spiro atoms. The summed E-state index contributed by atoms with van der Waals surface area (Å²) < 4.78 is 5.30. The van der Waals surface area contributed by atoms with Crippen LogP contribution in [0.5, 0.6) is 0 Å². The maximum absolute atomic E-state index is 5.30. The van der Waals surface area contributed by atoms with Gasteiger partial charge < -0.3 is 15.2 Å². The van der Waals surface area contributed by atoms with E-state index in [0.717, 1.165) is 18.3 Å². The van der Waals surface area contributed by atoms with E-state index in [2.05, 4.69) is 71.7 Å². The molecule has 1 aliphatic rings. The number of nitrogens with one attached hydrogen (secondary N) is 2. The second-order valence-electron chi connectivity index (χ2n) is 7.81. The SMILES string of the molecule is CCNC(=NCCc1nc(C(C)C)no1)NC(C)c1ccc2c(c1)CCCC2.I. The Morgan fingerprint density at radius 1 is 1.17 bits per heavy atom. The lowest BCUT2D eigenvalue weighted by Crippen LogP contribution is -2.39. The first-order valence-corrected chi connectivity index (χ1v) is 10.6. The normalized spacial score (nSPS) is 14.9. The van der Waals surface area contributed by atoms with Crippen molar-refractivity contribution in [1.29, 1.82) is 0 Å². The molecule has 0 saturated heterocycles. The molecule has 0 aliphatic heterocycles. The number of halogens is 1. The van der Waals surface area contributed by atoms with Gasteiger partial charge in [0.15, 0.2) is 11.8 Å². The Labute approximate surface area is 191 Å². The van der Waals surface area contributed by atoms with Crippen molar-refractivity contribution < 1.29 is 4.52 Å². The van der Waals surface area contributed by atoms with Crippen LogP contribution in [0.1, 0.15) is 80.9 Å². The smallest absolute Gasteiger partial charge is 0.228 e. The van der Waals surface area contributed by atoms with Crippen molar-refractivity contribution in [2.75, 3.05) is 13.1 Å². The van der Waals surface area contributed by atoms with Crippen molar-refractivity contribution in [3.8, 4) is 0 Å². The van der Waals surface area contributed by atoms with Crippen LogP contribution in [0.2, 0.25) is 0 Å². The van der Waals surface area contributed by atoms with E-state index < -0.39 is 0 Å². The lowest BCUT2D eigenvalue weighted by Gasteiger charge is -2.21. The van der Waals surface area contributed by atoms with Gasteiger partial charge >= 0.3 is 0 Å². The fourth-order valence-electron chi connectivity index (χ4n) is 3.50. The number of aliphatic imine (C=N–C) groups is 1. The number of hydrogen-bond acceptors (Lipinski definition) is 4. The minimum absolute atomic E-state index is 0. The first kappa shape index (κ1) is 23.6. The summed E-state index contributed by atoms with van der Waals surface area (Å²) in [5, 5.41) is 10.9. The van der Waals surface area contributed by atoms with Crippen LogP contribution in [0.15, 0.2) is 27.7 Å². The van der Waals surface area contributed by atoms with E-state index in [0.29, 0.717) is 18.9 Å². The van der Waals surface area contributed by atoms with E-state index in [-0.39, 0.29) is 35.9 Å². The van der Waals surface area contributed by atoms with E-state index in [1.807, 2.05) is 0 Å². The minimum Gasteiger partial charge on any atom is -0.357 e. The second kappa shape index (κ2) is 11.5. The molecule has 0 amide bonds. The van der Waals surface area contributed by atoms with Gasteiger partial charge in [-0.25, -0.2) is 0 Å². The van der Waals surface area contributed by atoms with Crippen molar-refractivity contribution in [2.45, 2.75) is 71.8 Å². The zero-order valence-electron chi connectivity index (χ0n) is 18.0. The van der Waals surface area contributed by atoms with Crippen LogP contribution in [0, 0.1) is 0 Å². The second-order valence-corrected chi connectivity index (χ2v) is 7.81. The average molecular weight is 511 g/mol. The summed E-state index contributed by atoms with van der Waals surface area (Å²) in [6.07, 6.45) is 5.68. The maximum atomic E-state index is 5.30. The average Bonchev–Trinajstić information content (AvgIpc) is 3.17. The molecule has 1 aromatic carbocycles. The lowest BCUT2D eigenvalue weighted by molar-refractivity contribution is 0.372. The standard InChI is InChI=1S/C22H33N5O.HI/c1-5-23-22(24-13-12-20-26-21(15(2)3)27-28-20)25-16(4)18-11-10-17-8-6-7-9-19(17)14-18;/h10-11,14-16H,5-9,12-13H2,1-4H3,(H2,23,24,25);1H. The van der Waals surface area contributed by atoms with E-state index >= 15 is 0 Å². The minimum atomic E-state index is 0. The van der Waals surface area contributed by atoms with Crippen LogP contribution in [-0.4, -0.2) is 29.2 Å². The van der Waals surface area contributed by atoms with Crippen molar-refractivity contribution in [2.24, 2.45) is 4.99 Å². The molecule has 160 valence electrons. The zero-order valence-corrected chi connectivity index (χ0v) is 20.3. The molecule has 3 rings (SSSR count). The molecule has 29 heavy (non-hydrogen) atoms. The monoisotopic (exact) mass is 511 g/mol. The third-order valence-corrected chi connectivity index (χ3v) is 5.17. The quantitative estimate of drug-likeness (QED) is 0.324. The molecule has 1 unspecified atom stereocenters. The largest absolute Gasteiger partial charge is 0.357 e. The van der Waals surface area contributed by atoms with Gasteiger partial charge in [-0.2, -0.15) is 4.98 Å². The predicted octanol–water partition coefficient (Wildman–Crippen LogP) is 4.55. The topological polar surface area (TPSA) is 75.3 Å². The Balaban J connectivity index is 0.00000300. The molecule has 0 fully saturated rings. The van der Waals surface area contributed by atoms with Crippen LogP contribution in [-0.2, 0) is 19.3 Å². The third kappa shape index (κ3) is 6.69. The number of aryl methyl sites for hydroxylation is 2. The summed E-state index contributed by atoms with van der Waals surface area (Å²) in [4.78, 5) is 9.10. The molecule has 1 heterocycles. The van der Waals surface area contributed by atoms with Crippen LogP contribution in [0.25, 0.3) is 0 Å². The Morgan fingerprint density at radius 3 is 2.62 bits per heavy atom. The highest BCUT2D eigenvalue weighted by atomic mass is 127. The van der Waals surface area contributed by atoms with Crippen molar-refractivity contribution >= 4 is 29.9 Å². The van der Waals surface area contributed by atoms with Crippen LogP contribution in [0.4, 0.5) is 0 Å². The fraction of sp³-hybridized carbons (Fsp3) is 0.591. The van der Waals surface area contributed by atoms with Gasteiger partial charge in [0.1, 0.15) is 0 Å². The molecule has 0 saturated carbocycles. The predicted molar refractivity (Wildman–Crippen MR) is 128 cm³/mol. The number of benzene rings is 1. The van der Waals surface area contributed by atoms with Crippen molar-refractivity contribution in [3.05, 3.63) is 46.6 Å². The molecule has 2 aromatic rings. The summed E-state index contributed by atoms with van der Waals surface area (Å²) in [6.45, 7) is 9.80. The zero-order chi connectivity index (χ0) is 19.9. The number of rotatable bonds is 7. The molecule has 1 aromatic heterocycles. The van der Waals surface area contributed by atoms with Gasteiger partial charge in [-0.15, -0.1) is 24.0 Å². The summed E-state index contributed by atoms with van der Waals surface area (Å²) in [5.41, 5.74) is 4.34. The molecule has 6 nitrogen and oxygen atoms in total. The first-order chi connectivity index (χ1) is 13.6. The van der Waals surface area contributed by atoms with E-state index in [4.69, 9.17) is 4.52 Å². The first-order valence-electron chi connectivity index (χ1n) is 10.6. The molecule has 1 atom stereocenters. The highest BCUT2D eigenvalue weighted by molar-refractivity contribution is 14.0. The summed E-state index contributed by atoms with van der Waals surface area (Å²) in [6, 6.07) is 7.10. The number of aromatic nitrogens is 2. The van der Waals surface area contributed by atoms with Crippen molar-refractivity contribution in [1.82, 2.24) is 20.8 Å². The Kier molecular flexibility index (Phi) is 9.39. The molecular weight excluding hydrogens is 477 g/mol. The van der Waals surface area contributed by atoms with E-state index in [1.54, 1.807) is 0 Å². The van der Waals surface area contributed by atoms with Crippen LogP contribution >= 0.6 is 24.0 Å². The van der Waals surface area contributed by atoms with Gasteiger partial charge in [0.2, 0.25) is 5.89 Å². The molecule has 2 N–H and O–H groups in total. The van der Waals surface area contributed by atoms with Gasteiger partial charge in [-0.1, -0.05) is 37.2 Å². The Hall–Kier alpha value is -1.64. The summed E-state index contributed by atoms with van der Waals surface area (Å²) in [5.74, 6) is 2.49. The molecule has 0 bridgehead atoms. The molecule has 0 radical (unpaired) electrons. The number of hydrogen-bond donors (Lipinski definition) is 2.